The van der Waals surface area contributed by atoms with Crippen LogP contribution in [0.4, 0.5) is 0 Å². The number of unbranched alkanes of at least 4 members (excludes halogenated alkanes) is 1. The highest BCUT2D eigenvalue weighted by Gasteiger charge is 2.23. The molecule has 0 amide bonds. The first-order chi connectivity index (χ1) is 5.88. The van der Waals surface area contributed by atoms with Gasteiger partial charge in [0.1, 0.15) is 11.6 Å². The van der Waals surface area contributed by atoms with Gasteiger partial charge in [0.2, 0.25) is 0 Å². The van der Waals surface area contributed by atoms with Crippen LogP contribution < -0.4 is 0 Å². The summed E-state index contributed by atoms with van der Waals surface area (Å²) in [6.07, 6.45) is 2.45. The van der Waals surface area contributed by atoms with Crippen molar-refractivity contribution in [1.29, 1.82) is 0 Å². The summed E-state index contributed by atoms with van der Waals surface area (Å²) in [7, 11) is 0. The number of ketones is 2. The minimum Gasteiger partial charge on any atom is -0.299 e. The van der Waals surface area contributed by atoms with Crippen molar-refractivity contribution in [3.63, 3.8) is 0 Å². The molecule has 0 spiro atoms. The average molecular weight is 183 g/mol. The van der Waals surface area contributed by atoms with Crippen molar-refractivity contribution in [2.45, 2.75) is 46.5 Å². The van der Waals surface area contributed by atoms with Crippen LogP contribution >= 0.6 is 0 Å². The van der Waals surface area contributed by atoms with E-state index in [1.807, 2.05) is 6.92 Å². The summed E-state index contributed by atoms with van der Waals surface area (Å²) >= 11 is 0. The largest absolute Gasteiger partial charge is 0.299 e. The van der Waals surface area contributed by atoms with Gasteiger partial charge in [0.05, 0.1) is 6.42 Å². The van der Waals surface area contributed by atoms with Crippen LogP contribution in [-0.2, 0) is 9.59 Å². The molecule has 0 saturated heterocycles. The monoisotopic (exact) mass is 183 g/mol. The summed E-state index contributed by atoms with van der Waals surface area (Å²) in [4.78, 5) is 22.6. The molecule has 0 aromatic rings. The Bertz CT molecular complexity index is 187. The fourth-order valence-corrected chi connectivity index (χ4v) is 0.881. The molecule has 0 unspecified atom stereocenters. The topological polar surface area (TPSA) is 34.1 Å². The summed E-state index contributed by atoms with van der Waals surface area (Å²) in [6.45, 7) is 9.21. The Hall–Kier alpha value is -0.660. The molecule has 0 aliphatic heterocycles. The zero-order valence-corrected chi connectivity index (χ0v) is 8.85. The Morgan fingerprint density at radius 1 is 1.31 bits per heavy atom. The summed E-state index contributed by atoms with van der Waals surface area (Å²) in [5.41, 5.74) is -0.623. The van der Waals surface area contributed by atoms with Crippen LogP contribution in [0.1, 0.15) is 46.5 Å². The molecule has 13 heavy (non-hydrogen) atoms. The second kappa shape index (κ2) is 5.15. The van der Waals surface area contributed by atoms with E-state index < -0.39 is 5.41 Å². The van der Waals surface area contributed by atoms with Gasteiger partial charge in [0, 0.05) is 11.8 Å². The van der Waals surface area contributed by atoms with Gasteiger partial charge in [-0.1, -0.05) is 27.2 Å². The van der Waals surface area contributed by atoms with Crippen molar-refractivity contribution in [3.8, 4) is 0 Å². The molecular weight excluding hydrogens is 164 g/mol. The maximum absolute atomic E-state index is 11.4. The number of hydrogen-bond donors (Lipinski definition) is 0. The third kappa shape index (κ3) is 5.56. The number of rotatable bonds is 6. The van der Waals surface area contributed by atoms with E-state index >= 15 is 0 Å². The highest BCUT2D eigenvalue weighted by molar-refractivity contribution is 6.01. The second-order valence-electron chi connectivity index (χ2n) is 4.13. The van der Waals surface area contributed by atoms with E-state index in [9.17, 15) is 9.59 Å². The molecule has 0 bridgehead atoms. The molecule has 0 heterocycles. The van der Waals surface area contributed by atoms with Gasteiger partial charge in [-0.15, -0.1) is 0 Å². The van der Waals surface area contributed by atoms with Gasteiger partial charge in [-0.05, 0) is 13.3 Å². The molecule has 0 aliphatic rings. The highest BCUT2D eigenvalue weighted by Crippen LogP contribution is 2.16. The van der Waals surface area contributed by atoms with Gasteiger partial charge in [0.25, 0.3) is 0 Å². The number of carbonyl (C=O) groups excluding carboxylic acids is 2. The second-order valence-corrected chi connectivity index (χ2v) is 4.13. The van der Waals surface area contributed by atoms with Crippen molar-refractivity contribution in [3.05, 3.63) is 6.92 Å². The van der Waals surface area contributed by atoms with Gasteiger partial charge < -0.3 is 0 Å². The van der Waals surface area contributed by atoms with Crippen molar-refractivity contribution in [1.82, 2.24) is 0 Å². The maximum atomic E-state index is 11.4. The third-order valence-corrected chi connectivity index (χ3v) is 1.92. The van der Waals surface area contributed by atoms with E-state index in [2.05, 4.69) is 6.92 Å². The minimum absolute atomic E-state index is 0.0450. The number of hydrogen-bond acceptors (Lipinski definition) is 2. The third-order valence-electron chi connectivity index (χ3n) is 1.92. The zero-order chi connectivity index (χ0) is 10.5. The standard InChI is InChI=1S/C11H19O2/c1-5-6-7-9(12)8-10(13)11(2,3)4/h2,5-8H2,1,3-4H3. The molecule has 0 aromatic carbocycles. The van der Waals surface area contributed by atoms with E-state index in [0.717, 1.165) is 12.8 Å². The van der Waals surface area contributed by atoms with Crippen LogP contribution in [0.25, 0.3) is 0 Å². The van der Waals surface area contributed by atoms with Crippen molar-refractivity contribution in [2.75, 3.05) is 0 Å². The molecule has 2 heteroatoms. The zero-order valence-electron chi connectivity index (χ0n) is 8.85. The fourth-order valence-electron chi connectivity index (χ4n) is 0.881. The number of carbonyl (C=O) groups is 2. The van der Waals surface area contributed by atoms with Gasteiger partial charge in [0.15, 0.2) is 0 Å². The minimum atomic E-state index is -0.623. The van der Waals surface area contributed by atoms with Gasteiger partial charge in [-0.25, -0.2) is 0 Å². The summed E-state index contributed by atoms with van der Waals surface area (Å²) in [5, 5.41) is 0. The average Bonchev–Trinajstić information content (AvgIpc) is 1.99. The molecule has 2 nitrogen and oxygen atoms in total. The maximum Gasteiger partial charge on any atom is 0.145 e. The lowest BCUT2D eigenvalue weighted by atomic mass is 9.87. The Kier molecular flexibility index (Phi) is 4.89. The van der Waals surface area contributed by atoms with E-state index in [1.54, 1.807) is 13.8 Å². The molecule has 0 atom stereocenters. The Labute approximate surface area is 80.7 Å². The number of Topliss-reactive ketones (excluding diaryl/α,β-unsaturated/α-hetero) is 2. The van der Waals surface area contributed by atoms with Gasteiger partial charge in [-0.3, -0.25) is 9.59 Å². The first-order valence-electron chi connectivity index (χ1n) is 4.78. The molecule has 0 rings (SSSR count). The molecular formula is C11H19O2. The van der Waals surface area contributed by atoms with Gasteiger partial charge in [-0.2, -0.15) is 0 Å². The smallest absolute Gasteiger partial charge is 0.145 e. The molecule has 0 saturated carbocycles. The van der Waals surface area contributed by atoms with Crippen LogP contribution in [0.3, 0.4) is 0 Å². The quantitative estimate of drug-likeness (QED) is 0.593. The predicted octanol–water partition coefficient (Wildman–Crippen LogP) is 2.57. The van der Waals surface area contributed by atoms with Gasteiger partial charge >= 0.3 is 0 Å². The van der Waals surface area contributed by atoms with Crippen molar-refractivity contribution in [2.24, 2.45) is 5.41 Å². The van der Waals surface area contributed by atoms with Crippen LogP contribution in [0, 0.1) is 12.3 Å². The molecule has 75 valence electrons. The predicted molar refractivity (Wildman–Crippen MR) is 53.3 cm³/mol. The van der Waals surface area contributed by atoms with E-state index in [0.29, 0.717) is 6.42 Å². The van der Waals surface area contributed by atoms with Crippen molar-refractivity contribution >= 4 is 11.6 Å². The fraction of sp³-hybridized carbons (Fsp3) is 0.727. The SMILES string of the molecule is [CH2]C(C)(C)C(=O)CC(=O)CCCC. The van der Waals surface area contributed by atoms with Crippen LogP contribution in [-0.4, -0.2) is 11.6 Å². The Balaban J connectivity index is 3.86. The Morgan fingerprint density at radius 3 is 2.23 bits per heavy atom. The first kappa shape index (κ1) is 12.3. The lowest BCUT2D eigenvalue weighted by Gasteiger charge is -2.15. The molecule has 0 aromatic heterocycles. The normalized spacial score (nSPS) is 11.4. The van der Waals surface area contributed by atoms with Crippen LogP contribution in [0.5, 0.6) is 0 Å². The first-order valence-corrected chi connectivity index (χ1v) is 4.78. The molecule has 0 fully saturated rings. The van der Waals surface area contributed by atoms with Crippen LogP contribution in [0.15, 0.2) is 0 Å². The summed E-state index contributed by atoms with van der Waals surface area (Å²) < 4.78 is 0. The van der Waals surface area contributed by atoms with E-state index in [4.69, 9.17) is 0 Å². The Morgan fingerprint density at radius 2 is 1.85 bits per heavy atom. The lowest BCUT2D eigenvalue weighted by Crippen LogP contribution is -2.23. The molecule has 0 aliphatic carbocycles. The highest BCUT2D eigenvalue weighted by atomic mass is 16.1. The summed E-state index contributed by atoms with van der Waals surface area (Å²) in [5.74, 6) is -0.0165. The molecule has 0 N–H and O–H groups in total. The van der Waals surface area contributed by atoms with E-state index in [-0.39, 0.29) is 18.0 Å². The van der Waals surface area contributed by atoms with Crippen LogP contribution in [0.2, 0.25) is 0 Å². The summed E-state index contributed by atoms with van der Waals surface area (Å²) in [6, 6.07) is 0. The molecule has 1 radical (unpaired) electrons. The lowest BCUT2D eigenvalue weighted by molar-refractivity contribution is -0.130. The van der Waals surface area contributed by atoms with E-state index in [1.165, 1.54) is 0 Å². The van der Waals surface area contributed by atoms with Crippen molar-refractivity contribution < 1.29 is 9.59 Å².